The Labute approximate surface area is 181 Å². The van der Waals surface area contributed by atoms with E-state index in [1.165, 1.54) is 6.07 Å². The molecule has 1 N–H and O–H groups in total. The van der Waals surface area contributed by atoms with E-state index < -0.39 is 5.82 Å². The lowest BCUT2D eigenvalue weighted by molar-refractivity contribution is 0.284. The second kappa shape index (κ2) is 9.50. The highest BCUT2D eigenvalue weighted by atomic mass is 79.9. The minimum atomic E-state index is -0.448. The summed E-state index contributed by atoms with van der Waals surface area (Å²) >= 11 is 15.4. The van der Waals surface area contributed by atoms with Crippen LogP contribution in [0.4, 0.5) is 10.1 Å². The zero-order valence-corrected chi connectivity index (χ0v) is 18.0. The van der Waals surface area contributed by atoms with Gasteiger partial charge in [-0.15, -0.1) is 0 Å². The maximum absolute atomic E-state index is 13.3. The van der Waals surface area contributed by atoms with E-state index in [2.05, 4.69) is 21.2 Å². The Kier molecular flexibility index (Phi) is 7.05. The molecule has 0 aliphatic carbocycles. The molecule has 0 aliphatic rings. The molecule has 3 aromatic carbocycles. The third-order valence-electron chi connectivity index (χ3n) is 4.02. The molecule has 0 fully saturated rings. The Morgan fingerprint density at radius 2 is 1.86 bits per heavy atom. The van der Waals surface area contributed by atoms with Crippen molar-refractivity contribution in [1.82, 2.24) is 0 Å². The molecular weight excluding hydrogens is 468 g/mol. The minimum absolute atomic E-state index is 0.0754. The van der Waals surface area contributed by atoms with Gasteiger partial charge in [0.2, 0.25) is 0 Å². The fourth-order valence-corrected chi connectivity index (χ4v) is 3.43. The first-order valence-corrected chi connectivity index (χ1v) is 9.93. The van der Waals surface area contributed by atoms with E-state index in [1.807, 2.05) is 36.4 Å². The summed E-state index contributed by atoms with van der Waals surface area (Å²) < 4.78 is 25.5. The van der Waals surface area contributed by atoms with Gasteiger partial charge in [0.25, 0.3) is 0 Å². The summed E-state index contributed by atoms with van der Waals surface area (Å²) in [5.74, 6) is 0.776. The van der Waals surface area contributed by atoms with Gasteiger partial charge in [-0.05, 0) is 53.6 Å². The van der Waals surface area contributed by atoms with Crippen molar-refractivity contribution in [2.45, 2.75) is 13.2 Å². The van der Waals surface area contributed by atoms with E-state index in [0.717, 1.165) is 21.3 Å². The number of hydrogen-bond donors (Lipinski definition) is 1. The molecule has 0 saturated carbocycles. The zero-order chi connectivity index (χ0) is 20.1. The van der Waals surface area contributed by atoms with Gasteiger partial charge in [0.15, 0.2) is 11.5 Å². The standard InChI is InChI=1S/C21H17BrCl2FNO2/c1-27-20-8-14(11-26-16-5-6-19(25)18(24)9-16)17(22)10-21(20)28-12-13-3-2-4-15(23)7-13/h2-10,26H,11-12H2,1H3. The molecule has 3 aromatic rings. The quantitative estimate of drug-likeness (QED) is 0.388. The number of hydrogen-bond acceptors (Lipinski definition) is 3. The Bertz CT molecular complexity index is 985. The highest BCUT2D eigenvalue weighted by Gasteiger charge is 2.11. The van der Waals surface area contributed by atoms with Gasteiger partial charge in [0.1, 0.15) is 12.4 Å². The molecule has 0 amide bonds. The average molecular weight is 485 g/mol. The number of methoxy groups -OCH3 is 1. The lowest BCUT2D eigenvalue weighted by Crippen LogP contribution is -2.03. The molecule has 3 rings (SSSR count). The van der Waals surface area contributed by atoms with Crippen LogP contribution in [0.15, 0.2) is 59.1 Å². The van der Waals surface area contributed by atoms with Crippen molar-refractivity contribution >= 4 is 44.8 Å². The van der Waals surface area contributed by atoms with E-state index >= 15 is 0 Å². The van der Waals surface area contributed by atoms with Crippen molar-refractivity contribution in [1.29, 1.82) is 0 Å². The molecule has 0 aromatic heterocycles. The lowest BCUT2D eigenvalue weighted by Gasteiger charge is -2.15. The summed E-state index contributed by atoms with van der Waals surface area (Å²) in [6.45, 7) is 0.864. The first-order valence-electron chi connectivity index (χ1n) is 8.39. The van der Waals surface area contributed by atoms with Gasteiger partial charge in [0, 0.05) is 21.7 Å². The number of nitrogens with one attached hydrogen (secondary N) is 1. The average Bonchev–Trinajstić information content (AvgIpc) is 2.68. The maximum atomic E-state index is 13.3. The Morgan fingerprint density at radius 3 is 2.57 bits per heavy atom. The van der Waals surface area contributed by atoms with Crippen molar-refractivity contribution in [3.63, 3.8) is 0 Å². The largest absolute Gasteiger partial charge is 0.493 e. The molecule has 28 heavy (non-hydrogen) atoms. The summed E-state index contributed by atoms with van der Waals surface area (Å²) in [5.41, 5.74) is 2.63. The molecule has 7 heteroatoms. The second-order valence-corrected chi connectivity index (χ2v) is 7.69. The van der Waals surface area contributed by atoms with Gasteiger partial charge in [-0.25, -0.2) is 4.39 Å². The molecule has 0 radical (unpaired) electrons. The van der Waals surface area contributed by atoms with Crippen LogP contribution in [0.5, 0.6) is 11.5 Å². The summed E-state index contributed by atoms with van der Waals surface area (Å²) in [6.07, 6.45) is 0. The van der Waals surface area contributed by atoms with Gasteiger partial charge in [-0.3, -0.25) is 0 Å². The predicted octanol–water partition coefficient (Wildman–Crippen LogP) is 7.09. The summed E-state index contributed by atoms with van der Waals surface area (Å²) in [6, 6.07) is 15.7. The Hall–Kier alpha value is -1.95. The van der Waals surface area contributed by atoms with Crippen molar-refractivity contribution in [3.8, 4) is 11.5 Å². The molecule has 0 saturated heterocycles. The first-order chi connectivity index (χ1) is 13.5. The fourth-order valence-electron chi connectivity index (χ4n) is 2.58. The SMILES string of the molecule is COc1cc(CNc2ccc(F)c(Cl)c2)c(Br)cc1OCc1cccc(Cl)c1. The van der Waals surface area contributed by atoms with E-state index in [1.54, 1.807) is 19.2 Å². The van der Waals surface area contributed by atoms with Gasteiger partial charge in [-0.2, -0.15) is 0 Å². The predicted molar refractivity (Wildman–Crippen MR) is 115 cm³/mol. The van der Waals surface area contributed by atoms with Gasteiger partial charge < -0.3 is 14.8 Å². The van der Waals surface area contributed by atoms with Gasteiger partial charge >= 0.3 is 0 Å². The summed E-state index contributed by atoms with van der Waals surface area (Å²) in [7, 11) is 1.59. The third-order valence-corrected chi connectivity index (χ3v) is 5.28. The smallest absolute Gasteiger partial charge is 0.162 e. The molecule has 3 nitrogen and oxygen atoms in total. The van der Waals surface area contributed by atoms with E-state index in [0.29, 0.717) is 29.7 Å². The normalized spacial score (nSPS) is 10.6. The van der Waals surface area contributed by atoms with Crippen LogP contribution in [0.1, 0.15) is 11.1 Å². The zero-order valence-electron chi connectivity index (χ0n) is 14.9. The van der Waals surface area contributed by atoms with Crippen LogP contribution in [-0.4, -0.2) is 7.11 Å². The fraction of sp³-hybridized carbons (Fsp3) is 0.143. The number of rotatable bonds is 7. The second-order valence-electron chi connectivity index (χ2n) is 6.00. The minimum Gasteiger partial charge on any atom is -0.493 e. The number of anilines is 1. The summed E-state index contributed by atoms with van der Waals surface area (Å²) in [4.78, 5) is 0. The Balaban J connectivity index is 1.72. The molecule has 0 heterocycles. The lowest BCUT2D eigenvalue weighted by atomic mass is 10.2. The monoisotopic (exact) mass is 483 g/mol. The highest BCUT2D eigenvalue weighted by molar-refractivity contribution is 9.10. The topological polar surface area (TPSA) is 30.5 Å². The molecule has 0 aliphatic heterocycles. The van der Waals surface area contributed by atoms with Crippen molar-refractivity contribution in [3.05, 3.63) is 86.1 Å². The Morgan fingerprint density at radius 1 is 1.04 bits per heavy atom. The molecule has 0 unspecified atom stereocenters. The van der Waals surface area contributed by atoms with Crippen LogP contribution in [0.3, 0.4) is 0 Å². The van der Waals surface area contributed by atoms with E-state index in [9.17, 15) is 4.39 Å². The number of benzene rings is 3. The van der Waals surface area contributed by atoms with Gasteiger partial charge in [0.05, 0.1) is 12.1 Å². The third kappa shape index (κ3) is 5.31. The molecule has 0 spiro atoms. The molecular formula is C21H17BrCl2FNO2. The number of halogens is 4. The van der Waals surface area contributed by atoms with Crippen molar-refractivity contribution in [2.24, 2.45) is 0 Å². The molecule has 0 atom stereocenters. The van der Waals surface area contributed by atoms with Crippen LogP contribution in [-0.2, 0) is 13.2 Å². The van der Waals surface area contributed by atoms with Crippen LogP contribution in [0.25, 0.3) is 0 Å². The van der Waals surface area contributed by atoms with Gasteiger partial charge in [-0.1, -0.05) is 51.3 Å². The van der Waals surface area contributed by atoms with E-state index in [-0.39, 0.29) is 5.02 Å². The highest BCUT2D eigenvalue weighted by Crippen LogP contribution is 2.34. The van der Waals surface area contributed by atoms with E-state index in [4.69, 9.17) is 32.7 Å². The maximum Gasteiger partial charge on any atom is 0.162 e. The van der Waals surface area contributed by atoms with Crippen molar-refractivity contribution in [2.75, 3.05) is 12.4 Å². The van der Waals surface area contributed by atoms with Crippen LogP contribution < -0.4 is 14.8 Å². The summed E-state index contributed by atoms with van der Waals surface area (Å²) in [5, 5.41) is 3.95. The number of ether oxygens (including phenoxy) is 2. The first kappa shape index (κ1) is 20.8. The van der Waals surface area contributed by atoms with Crippen LogP contribution >= 0.6 is 39.1 Å². The van der Waals surface area contributed by atoms with Crippen LogP contribution in [0, 0.1) is 5.82 Å². The molecule has 146 valence electrons. The van der Waals surface area contributed by atoms with Crippen LogP contribution in [0.2, 0.25) is 10.0 Å². The molecule has 0 bridgehead atoms. The van der Waals surface area contributed by atoms with Crippen molar-refractivity contribution < 1.29 is 13.9 Å².